The number of carbonyl (C=O) groups is 1. The second-order valence-corrected chi connectivity index (χ2v) is 7.66. The maximum absolute atomic E-state index is 11.1. The number of ether oxygens (including phenoxy) is 1. The van der Waals surface area contributed by atoms with Crippen molar-refractivity contribution < 1.29 is 14.6 Å². The van der Waals surface area contributed by atoms with Gasteiger partial charge < -0.3 is 19.7 Å². The average Bonchev–Trinajstić information content (AvgIpc) is 3.27. The van der Waals surface area contributed by atoms with E-state index in [-0.39, 0.29) is 0 Å². The number of rotatable bonds is 5. The standard InChI is InChI=1S/C25H22N4O3/c30-25(31)29-14-12-18(13-15-29)21-10-11-22-24(26-21)28-23(27-22)19-6-8-20(9-7-19)32-16-17-4-2-1-3-5-17/h1-12H,13-16H2,(H,30,31)(H,26,27,28). The monoisotopic (exact) mass is 426 g/mol. The summed E-state index contributed by atoms with van der Waals surface area (Å²) in [6.45, 7) is 1.39. The molecule has 2 aromatic heterocycles. The van der Waals surface area contributed by atoms with Crippen molar-refractivity contribution in [3.05, 3.63) is 84.1 Å². The van der Waals surface area contributed by atoms with Crippen molar-refractivity contribution in [2.45, 2.75) is 13.0 Å². The highest BCUT2D eigenvalue weighted by Gasteiger charge is 2.18. The first kappa shape index (κ1) is 19.8. The van der Waals surface area contributed by atoms with Gasteiger partial charge in [0.05, 0.1) is 11.2 Å². The summed E-state index contributed by atoms with van der Waals surface area (Å²) < 4.78 is 5.86. The van der Waals surface area contributed by atoms with E-state index < -0.39 is 6.09 Å². The minimum Gasteiger partial charge on any atom is -0.489 e. The maximum atomic E-state index is 11.1. The summed E-state index contributed by atoms with van der Waals surface area (Å²) in [6, 6.07) is 21.8. The van der Waals surface area contributed by atoms with Crippen molar-refractivity contribution in [1.82, 2.24) is 19.9 Å². The fraction of sp³-hybridized carbons (Fsp3) is 0.160. The van der Waals surface area contributed by atoms with E-state index in [1.54, 1.807) is 0 Å². The Labute approximate surface area is 185 Å². The summed E-state index contributed by atoms with van der Waals surface area (Å²) in [5.41, 5.74) is 5.46. The van der Waals surface area contributed by atoms with Crippen molar-refractivity contribution in [2.75, 3.05) is 13.1 Å². The molecule has 0 atom stereocenters. The van der Waals surface area contributed by atoms with Gasteiger partial charge in [-0.15, -0.1) is 0 Å². The van der Waals surface area contributed by atoms with Crippen LogP contribution >= 0.6 is 0 Å². The zero-order valence-corrected chi connectivity index (χ0v) is 17.4. The molecule has 0 spiro atoms. The number of hydrogen-bond acceptors (Lipinski definition) is 4. The van der Waals surface area contributed by atoms with E-state index in [1.807, 2.05) is 72.8 Å². The van der Waals surface area contributed by atoms with Crippen LogP contribution < -0.4 is 4.74 Å². The quantitative estimate of drug-likeness (QED) is 0.470. The predicted molar refractivity (Wildman–Crippen MR) is 122 cm³/mol. The van der Waals surface area contributed by atoms with Gasteiger partial charge in [0.15, 0.2) is 5.65 Å². The van der Waals surface area contributed by atoms with Gasteiger partial charge in [-0.3, -0.25) is 0 Å². The number of pyridine rings is 1. The predicted octanol–water partition coefficient (Wildman–Crippen LogP) is 4.97. The number of aromatic nitrogens is 3. The van der Waals surface area contributed by atoms with E-state index in [0.29, 0.717) is 31.8 Å². The van der Waals surface area contributed by atoms with Gasteiger partial charge in [-0.25, -0.2) is 14.8 Å². The Morgan fingerprint density at radius 2 is 1.84 bits per heavy atom. The average molecular weight is 426 g/mol. The molecule has 1 amide bonds. The van der Waals surface area contributed by atoms with Gasteiger partial charge in [0.25, 0.3) is 0 Å². The number of benzene rings is 2. The fourth-order valence-corrected chi connectivity index (χ4v) is 3.73. The molecule has 4 aromatic rings. The van der Waals surface area contributed by atoms with Crippen molar-refractivity contribution in [3.63, 3.8) is 0 Å². The third kappa shape index (κ3) is 4.18. The van der Waals surface area contributed by atoms with Crippen molar-refractivity contribution >= 4 is 22.8 Å². The SMILES string of the molecule is O=C(O)N1CC=C(c2ccc3[nH]c(-c4ccc(OCc5ccccc5)cc4)nc3n2)CC1. The largest absolute Gasteiger partial charge is 0.489 e. The van der Waals surface area contributed by atoms with E-state index in [9.17, 15) is 4.79 Å². The number of nitrogens with one attached hydrogen (secondary N) is 1. The van der Waals surface area contributed by atoms with Crippen LogP contribution in [0.3, 0.4) is 0 Å². The van der Waals surface area contributed by atoms with Crippen LogP contribution in [0.1, 0.15) is 17.7 Å². The first-order valence-electron chi connectivity index (χ1n) is 10.5. The van der Waals surface area contributed by atoms with Crippen molar-refractivity contribution in [3.8, 4) is 17.1 Å². The summed E-state index contributed by atoms with van der Waals surface area (Å²) in [6.07, 6.45) is 1.68. The second kappa shape index (κ2) is 8.55. The first-order valence-corrected chi connectivity index (χ1v) is 10.5. The molecule has 5 rings (SSSR count). The molecule has 7 heteroatoms. The molecular formula is C25H22N4O3. The van der Waals surface area contributed by atoms with Crippen LogP contribution in [0.25, 0.3) is 28.1 Å². The van der Waals surface area contributed by atoms with Crippen LogP contribution in [0.2, 0.25) is 0 Å². The first-order chi connectivity index (χ1) is 15.7. The Morgan fingerprint density at radius 1 is 1.03 bits per heavy atom. The van der Waals surface area contributed by atoms with Crippen LogP contribution in [0, 0.1) is 0 Å². The number of amides is 1. The molecule has 7 nitrogen and oxygen atoms in total. The Morgan fingerprint density at radius 3 is 2.56 bits per heavy atom. The van der Waals surface area contributed by atoms with Crippen LogP contribution in [0.5, 0.6) is 5.75 Å². The van der Waals surface area contributed by atoms with E-state index >= 15 is 0 Å². The fourth-order valence-electron chi connectivity index (χ4n) is 3.73. The number of aromatic amines is 1. The van der Waals surface area contributed by atoms with Crippen LogP contribution in [-0.2, 0) is 6.61 Å². The molecule has 0 unspecified atom stereocenters. The van der Waals surface area contributed by atoms with E-state index in [0.717, 1.165) is 39.5 Å². The van der Waals surface area contributed by atoms with Crippen LogP contribution in [0.15, 0.2) is 72.8 Å². The molecule has 0 fully saturated rings. The number of nitrogens with zero attached hydrogens (tertiary/aromatic N) is 3. The number of carboxylic acid groups (broad SMARTS) is 1. The highest BCUT2D eigenvalue weighted by Crippen LogP contribution is 2.26. The molecule has 32 heavy (non-hydrogen) atoms. The summed E-state index contributed by atoms with van der Waals surface area (Å²) >= 11 is 0. The van der Waals surface area contributed by atoms with Gasteiger partial charge in [-0.1, -0.05) is 36.4 Å². The molecule has 0 aliphatic carbocycles. The highest BCUT2D eigenvalue weighted by molar-refractivity contribution is 5.79. The van der Waals surface area contributed by atoms with Crippen LogP contribution in [0.4, 0.5) is 4.79 Å². The van der Waals surface area contributed by atoms with Gasteiger partial charge in [0.2, 0.25) is 0 Å². The van der Waals surface area contributed by atoms with Gasteiger partial charge in [0.1, 0.15) is 18.2 Å². The zero-order chi connectivity index (χ0) is 21.9. The second-order valence-electron chi connectivity index (χ2n) is 7.66. The molecule has 2 N–H and O–H groups in total. The summed E-state index contributed by atoms with van der Waals surface area (Å²) in [7, 11) is 0. The normalized spacial score (nSPS) is 13.8. The Hall–Kier alpha value is -4.13. The number of hydrogen-bond donors (Lipinski definition) is 2. The molecule has 0 saturated carbocycles. The van der Waals surface area contributed by atoms with Gasteiger partial charge in [0, 0.05) is 18.7 Å². The molecule has 2 aromatic carbocycles. The van der Waals surface area contributed by atoms with Gasteiger partial charge in [-0.2, -0.15) is 0 Å². The number of fused-ring (bicyclic) bond motifs is 1. The Bertz CT molecular complexity index is 1280. The van der Waals surface area contributed by atoms with Crippen molar-refractivity contribution in [2.24, 2.45) is 0 Å². The lowest BCUT2D eigenvalue weighted by Crippen LogP contribution is -2.33. The lowest BCUT2D eigenvalue weighted by molar-refractivity contribution is 0.150. The molecule has 1 aliphatic heterocycles. The van der Waals surface area contributed by atoms with Gasteiger partial charge >= 0.3 is 6.09 Å². The maximum Gasteiger partial charge on any atom is 0.407 e. The summed E-state index contributed by atoms with van der Waals surface area (Å²) in [5.74, 6) is 1.54. The molecular weight excluding hydrogens is 404 g/mol. The smallest absolute Gasteiger partial charge is 0.407 e. The lowest BCUT2D eigenvalue weighted by Gasteiger charge is -2.23. The van der Waals surface area contributed by atoms with Gasteiger partial charge in [-0.05, 0) is 54.0 Å². The number of H-pyrrole nitrogens is 1. The third-order valence-corrected chi connectivity index (χ3v) is 5.53. The van der Waals surface area contributed by atoms with Crippen molar-refractivity contribution in [1.29, 1.82) is 0 Å². The molecule has 160 valence electrons. The molecule has 0 radical (unpaired) electrons. The third-order valence-electron chi connectivity index (χ3n) is 5.53. The van der Waals surface area contributed by atoms with E-state index in [1.165, 1.54) is 4.90 Å². The summed E-state index contributed by atoms with van der Waals surface area (Å²) in [5, 5.41) is 9.11. The molecule has 0 saturated heterocycles. The Kier molecular flexibility index (Phi) is 5.29. The topological polar surface area (TPSA) is 91.3 Å². The molecule has 1 aliphatic rings. The molecule has 0 bridgehead atoms. The lowest BCUT2D eigenvalue weighted by atomic mass is 10.0. The van der Waals surface area contributed by atoms with E-state index in [4.69, 9.17) is 14.8 Å². The highest BCUT2D eigenvalue weighted by atomic mass is 16.5. The minimum atomic E-state index is -0.892. The molecule has 3 heterocycles. The minimum absolute atomic E-state index is 0.384. The number of imidazole rings is 1. The summed E-state index contributed by atoms with van der Waals surface area (Å²) in [4.78, 5) is 25.2. The zero-order valence-electron chi connectivity index (χ0n) is 17.4. The van der Waals surface area contributed by atoms with Crippen LogP contribution in [-0.4, -0.2) is 44.1 Å². The van der Waals surface area contributed by atoms with E-state index in [2.05, 4.69) is 9.97 Å². The Balaban J connectivity index is 1.31.